The Hall–Kier alpha value is -1.30. The van der Waals surface area contributed by atoms with Crippen molar-refractivity contribution < 1.29 is 22.7 Å². The second kappa shape index (κ2) is 5.99. The highest BCUT2D eigenvalue weighted by Crippen LogP contribution is 2.29. The first-order valence-corrected chi connectivity index (χ1v) is 6.72. The third-order valence-electron chi connectivity index (χ3n) is 3.74. The molecule has 2 N–H and O–H groups in total. The maximum Gasteiger partial charge on any atom is 0.185 e. The smallest absolute Gasteiger partial charge is 0.185 e. The minimum atomic E-state index is -1.47. The zero-order chi connectivity index (χ0) is 14.8. The molecule has 1 aliphatic carbocycles. The SMILES string of the molecule is OC1(CNc2c(F)c(F)cc(F)c2F)CCCCCC1. The van der Waals surface area contributed by atoms with Gasteiger partial charge in [0.25, 0.3) is 0 Å². The van der Waals surface area contributed by atoms with E-state index in [1.807, 2.05) is 0 Å². The first kappa shape index (κ1) is 15.1. The number of hydrogen-bond acceptors (Lipinski definition) is 2. The van der Waals surface area contributed by atoms with Gasteiger partial charge >= 0.3 is 0 Å². The van der Waals surface area contributed by atoms with Crippen molar-refractivity contribution in [3.8, 4) is 0 Å². The van der Waals surface area contributed by atoms with Gasteiger partial charge in [-0.25, -0.2) is 17.6 Å². The molecule has 6 heteroatoms. The van der Waals surface area contributed by atoms with Gasteiger partial charge in [-0.15, -0.1) is 0 Å². The summed E-state index contributed by atoms with van der Waals surface area (Å²) in [4.78, 5) is 0. The molecule has 0 atom stereocenters. The minimum absolute atomic E-state index is 0.135. The van der Waals surface area contributed by atoms with Crippen LogP contribution in [-0.2, 0) is 0 Å². The van der Waals surface area contributed by atoms with Crippen molar-refractivity contribution in [2.45, 2.75) is 44.1 Å². The van der Waals surface area contributed by atoms with E-state index in [1.54, 1.807) is 0 Å². The Kier molecular flexibility index (Phi) is 4.52. The molecule has 0 radical (unpaired) electrons. The van der Waals surface area contributed by atoms with E-state index in [9.17, 15) is 22.7 Å². The van der Waals surface area contributed by atoms with Crippen molar-refractivity contribution in [3.05, 3.63) is 29.3 Å². The zero-order valence-corrected chi connectivity index (χ0v) is 11.0. The van der Waals surface area contributed by atoms with Crippen LogP contribution in [0.25, 0.3) is 0 Å². The maximum atomic E-state index is 13.5. The second-order valence-corrected chi connectivity index (χ2v) is 5.34. The molecule has 0 aromatic heterocycles. The normalized spacial score (nSPS) is 18.6. The van der Waals surface area contributed by atoms with Crippen LogP contribution in [-0.4, -0.2) is 17.3 Å². The summed E-state index contributed by atoms with van der Waals surface area (Å²) in [5, 5.41) is 12.7. The van der Waals surface area contributed by atoms with Gasteiger partial charge in [0.1, 0.15) is 5.69 Å². The Morgan fingerprint density at radius 2 is 1.45 bits per heavy atom. The number of halogens is 4. The molecule has 2 nitrogen and oxygen atoms in total. The molecule has 1 aliphatic rings. The number of benzene rings is 1. The van der Waals surface area contributed by atoms with Crippen molar-refractivity contribution in [3.63, 3.8) is 0 Å². The van der Waals surface area contributed by atoms with Crippen LogP contribution in [0.4, 0.5) is 23.2 Å². The summed E-state index contributed by atoms with van der Waals surface area (Å²) in [6.07, 6.45) is 4.64. The largest absolute Gasteiger partial charge is 0.388 e. The Labute approximate surface area is 114 Å². The fourth-order valence-electron chi connectivity index (χ4n) is 2.54. The van der Waals surface area contributed by atoms with Crippen molar-refractivity contribution >= 4 is 5.69 Å². The third kappa shape index (κ3) is 3.23. The lowest BCUT2D eigenvalue weighted by Gasteiger charge is -2.27. The van der Waals surface area contributed by atoms with Gasteiger partial charge in [-0.1, -0.05) is 25.7 Å². The quantitative estimate of drug-likeness (QED) is 0.505. The minimum Gasteiger partial charge on any atom is -0.388 e. The molecule has 0 spiro atoms. The molecule has 1 aromatic carbocycles. The molecule has 112 valence electrons. The lowest BCUT2D eigenvalue weighted by molar-refractivity contribution is 0.0380. The third-order valence-corrected chi connectivity index (χ3v) is 3.74. The van der Waals surface area contributed by atoms with Crippen LogP contribution >= 0.6 is 0 Å². The van der Waals surface area contributed by atoms with E-state index in [0.29, 0.717) is 12.8 Å². The molecule has 0 heterocycles. The first-order valence-electron chi connectivity index (χ1n) is 6.72. The highest BCUT2D eigenvalue weighted by atomic mass is 19.2. The fourth-order valence-corrected chi connectivity index (χ4v) is 2.54. The summed E-state index contributed by atoms with van der Waals surface area (Å²) >= 11 is 0. The summed E-state index contributed by atoms with van der Waals surface area (Å²) in [6.45, 7) is -0.135. The number of hydrogen-bond donors (Lipinski definition) is 2. The monoisotopic (exact) mass is 291 g/mol. The molecule has 0 bridgehead atoms. The van der Waals surface area contributed by atoms with E-state index in [-0.39, 0.29) is 12.6 Å². The Morgan fingerprint density at radius 1 is 0.950 bits per heavy atom. The first-order chi connectivity index (χ1) is 9.43. The summed E-state index contributed by atoms with van der Waals surface area (Å²) in [5.41, 5.74) is -1.96. The standard InChI is InChI=1S/C14H17F4NO/c15-9-7-10(16)12(18)13(11(9)17)19-8-14(20)5-3-1-2-4-6-14/h7,19-20H,1-6,8H2. The van der Waals surface area contributed by atoms with Crippen molar-refractivity contribution in [1.29, 1.82) is 0 Å². The van der Waals surface area contributed by atoms with Crippen LogP contribution in [0.3, 0.4) is 0 Å². The van der Waals surface area contributed by atoms with E-state index in [0.717, 1.165) is 25.7 Å². The molecule has 2 rings (SSSR count). The molecule has 1 saturated carbocycles. The van der Waals surface area contributed by atoms with E-state index in [2.05, 4.69) is 5.32 Å². The molecule has 20 heavy (non-hydrogen) atoms. The Morgan fingerprint density at radius 3 is 1.95 bits per heavy atom. The van der Waals surface area contributed by atoms with E-state index in [1.165, 1.54) is 0 Å². The average molecular weight is 291 g/mol. The average Bonchev–Trinajstić information content (AvgIpc) is 2.62. The van der Waals surface area contributed by atoms with Crippen molar-refractivity contribution in [2.24, 2.45) is 0 Å². The van der Waals surface area contributed by atoms with Crippen LogP contribution in [0.5, 0.6) is 0 Å². The molecule has 1 aromatic rings. The van der Waals surface area contributed by atoms with Gasteiger partial charge in [0, 0.05) is 12.6 Å². The maximum absolute atomic E-state index is 13.5. The van der Waals surface area contributed by atoms with Crippen LogP contribution in [0.2, 0.25) is 0 Å². The number of aliphatic hydroxyl groups is 1. The molecule has 1 fully saturated rings. The highest BCUT2D eigenvalue weighted by molar-refractivity contribution is 5.47. The Balaban J connectivity index is 2.14. The highest BCUT2D eigenvalue weighted by Gasteiger charge is 2.29. The molecule has 0 unspecified atom stereocenters. The van der Waals surface area contributed by atoms with Crippen molar-refractivity contribution in [2.75, 3.05) is 11.9 Å². The topological polar surface area (TPSA) is 32.3 Å². The van der Waals surface area contributed by atoms with E-state index >= 15 is 0 Å². The van der Waals surface area contributed by atoms with Gasteiger partial charge in [-0.2, -0.15) is 0 Å². The van der Waals surface area contributed by atoms with Crippen LogP contribution in [0.1, 0.15) is 38.5 Å². The summed E-state index contributed by atoms with van der Waals surface area (Å²) in [7, 11) is 0. The number of nitrogens with one attached hydrogen (secondary N) is 1. The second-order valence-electron chi connectivity index (χ2n) is 5.34. The van der Waals surface area contributed by atoms with Crippen LogP contribution in [0, 0.1) is 23.3 Å². The van der Waals surface area contributed by atoms with E-state index < -0.39 is 34.6 Å². The molecule has 0 saturated heterocycles. The van der Waals surface area contributed by atoms with Gasteiger partial charge in [0.05, 0.1) is 5.60 Å². The fraction of sp³-hybridized carbons (Fsp3) is 0.571. The lowest BCUT2D eigenvalue weighted by atomic mass is 9.94. The molecular weight excluding hydrogens is 274 g/mol. The number of anilines is 1. The predicted octanol–water partition coefficient (Wildman–Crippen LogP) is 3.74. The zero-order valence-electron chi connectivity index (χ0n) is 11.0. The number of rotatable bonds is 3. The summed E-state index contributed by atoms with van der Waals surface area (Å²) in [5.74, 6) is -5.86. The van der Waals surface area contributed by atoms with Gasteiger partial charge in [0.15, 0.2) is 23.3 Å². The van der Waals surface area contributed by atoms with Crippen LogP contribution < -0.4 is 5.32 Å². The van der Waals surface area contributed by atoms with Gasteiger partial charge < -0.3 is 10.4 Å². The Bertz CT molecular complexity index is 458. The van der Waals surface area contributed by atoms with E-state index in [4.69, 9.17) is 0 Å². The van der Waals surface area contributed by atoms with Crippen LogP contribution in [0.15, 0.2) is 6.07 Å². The lowest BCUT2D eigenvalue weighted by Crippen LogP contribution is -2.36. The summed E-state index contributed by atoms with van der Waals surface area (Å²) < 4.78 is 53.1. The molecule has 0 amide bonds. The summed E-state index contributed by atoms with van der Waals surface area (Å²) in [6, 6.07) is 0.163. The van der Waals surface area contributed by atoms with Crippen molar-refractivity contribution in [1.82, 2.24) is 0 Å². The molecular formula is C14H17F4NO. The van der Waals surface area contributed by atoms with Gasteiger partial charge in [-0.3, -0.25) is 0 Å². The van der Waals surface area contributed by atoms with Gasteiger partial charge in [0.2, 0.25) is 0 Å². The molecule has 0 aliphatic heterocycles. The van der Waals surface area contributed by atoms with Gasteiger partial charge in [-0.05, 0) is 12.8 Å². The predicted molar refractivity (Wildman–Crippen MR) is 67.4 cm³/mol.